The lowest BCUT2D eigenvalue weighted by Crippen LogP contribution is -2.45. The van der Waals surface area contributed by atoms with E-state index >= 15 is 0 Å². The molecular weight excluding hydrogens is 259 g/mol. The number of hydrogen-bond donors (Lipinski definition) is 2. The van der Waals surface area contributed by atoms with Gasteiger partial charge in [0.15, 0.2) is 0 Å². The minimum atomic E-state index is -0.960. The summed E-state index contributed by atoms with van der Waals surface area (Å²) >= 11 is 2.07. The number of likely N-dealkylation sites (N-methyl/N-ethyl adjacent to an activating group) is 1. The lowest BCUT2D eigenvalue weighted by molar-refractivity contribution is -0.869. The molecule has 0 aliphatic heterocycles. The molecule has 0 bridgehead atoms. The molecule has 0 aromatic rings. The second-order valence-electron chi connectivity index (χ2n) is 3.39. The summed E-state index contributed by atoms with van der Waals surface area (Å²) in [5, 5.41) is 10.7. The highest BCUT2D eigenvalue weighted by Crippen LogP contribution is 2.01. The molecule has 0 radical (unpaired) electrons. The van der Waals surface area contributed by atoms with Crippen molar-refractivity contribution in [1.82, 2.24) is 5.32 Å². The lowest BCUT2D eigenvalue weighted by Gasteiger charge is -2.26. The predicted molar refractivity (Wildman–Crippen MR) is 51.9 cm³/mol. The van der Waals surface area contributed by atoms with Crippen molar-refractivity contribution in [3.05, 3.63) is 0 Å². The molecular formula is C6H14IN2O2+. The van der Waals surface area contributed by atoms with Crippen LogP contribution in [0.2, 0.25) is 0 Å². The number of hydrogen-bond acceptors (Lipinski definition) is 1. The second-order valence-corrected chi connectivity index (χ2v) is 4.89. The van der Waals surface area contributed by atoms with E-state index in [1.807, 2.05) is 21.1 Å². The van der Waals surface area contributed by atoms with Gasteiger partial charge in [0, 0.05) is 0 Å². The van der Waals surface area contributed by atoms with Crippen molar-refractivity contribution in [1.29, 1.82) is 0 Å². The van der Waals surface area contributed by atoms with Crippen molar-refractivity contribution in [2.75, 3.05) is 27.7 Å². The van der Waals surface area contributed by atoms with E-state index < -0.39 is 6.09 Å². The van der Waals surface area contributed by atoms with Crippen LogP contribution in [-0.2, 0) is 0 Å². The number of halogens is 1. The molecule has 0 aliphatic rings. The van der Waals surface area contributed by atoms with Gasteiger partial charge < -0.3 is 14.9 Å². The molecule has 0 aliphatic carbocycles. The number of amides is 1. The predicted octanol–water partition coefficient (Wildman–Crippen LogP) is 0.721. The zero-order chi connectivity index (χ0) is 9.07. The Labute approximate surface area is 80.3 Å². The minimum Gasteiger partial charge on any atom is -0.465 e. The molecule has 0 spiro atoms. The summed E-state index contributed by atoms with van der Waals surface area (Å²) in [6, 6.07) is 0. The third-order valence-corrected chi connectivity index (χ3v) is 1.69. The first kappa shape index (κ1) is 11.0. The highest BCUT2D eigenvalue weighted by atomic mass is 127. The quantitative estimate of drug-likeness (QED) is 0.344. The Morgan fingerprint density at radius 3 is 2.36 bits per heavy atom. The normalized spacial score (nSPS) is 14.2. The van der Waals surface area contributed by atoms with Gasteiger partial charge >= 0.3 is 6.09 Å². The molecule has 11 heavy (non-hydrogen) atoms. The Kier molecular flexibility index (Phi) is 4.09. The number of nitrogens with one attached hydrogen (secondary N) is 1. The maximum absolute atomic E-state index is 10.2. The number of rotatable bonds is 3. The number of quaternary nitrogens is 1. The molecule has 2 N–H and O–H groups in total. The van der Waals surface area contributed by atoms with Gasteiger partial charge in [-0.2, -0.15) is 0 Å². The third-order valence-electron chi connectivity index (χ3n) is 0.988. The van der Waals surface area contributed by atoms with Gasteiger partial charge in [0.05, 0.1) is 21.1 Å². The van der Waals surface area contributed by atoms with E-state index in [0.717, 1.165) is 11.0 Å². The van der Waals surface area contributed by atoms with Gasteiger partial charge in [-0.25, -0.2) is 4.79 Å². The van der Waals surface area contributed by atoms with E-state index in [1.165, 1.54) is 0 Å². The van der Waals surface area contributed by atoms with Gasteiger partial charge in [0.2, 0.25) is 0 Å². The number of carboxylic acid groups (broad SMARTS) is 1. The second kappa shape index (κ2) is 4.10. The van der Waals surface area contributed by atoms with Crippen LogP contribution >= 0.6 is 22.6 Å². The zero-order valence-electron chi connectivity index (χ0n) is 6.97. The van der Waals surface area contributed by atoms with E-state index in [9.17, 15) is 4.79 Å². The summed E-state index contributed by atoms with van der Waals surface area (Å²) in [6.07, 6.45) is -0.960. The largest absolute Gasteiger partial charge is 0.465 e. The summed E-state index contributed by atoms with van der Waals surface area (Å²) in [5.74, 6) is 0. The number of carbonyl (C=O) groups is 1. The fraction of sp³-hybridized carbons (Fsp3) is 0.833. The van der Waals surface area contributed by atoms with E-state index in [4.69, 9.17) is 5.11 Å². The molecule has 66 valence electrons. The number of alkyl halides is 1. The van der Waals surface area contributed by atoms with Crippen LogP contribution in [0.4, 0.5) is 4.79 Å². The van der Waals surface area contributed by atoms with Crippen molar-refractivity contribution in [2.24, 2.45) is 0 Å². The Balaban J connectivity index is 3.69. The SMILES string of the molecule is C[N+](C)(C)CC(I)NC(=O)O. The highest BCUT2D eigenvalue weighted by molar-refractivity contribution is 14.1. The maximum atomic E-state index is 10.2. The maximum Gasteiger partial charge on any atom is 0.405 e. The van der Waals surface area contributed by atoms with Gasteiger partial charge in [-0.3, -0.25) is 0 Å². The van der Waals surface area contributed by atoms with Crippen LogP contribution in [0.25, 0.3) is 0 Å². The van der Waals surface area contributed by atoms with Crippen LogP contribution in [0.1, 0.15) is 0 Å². The molecule has 0 saturated heterocycles. The van der Waals surface area contributed by atoms with Gasteiger partial charge in [-0.15, -0.1) is 0 Å². The first-order chi connectivity index (χ1) is 4.81. The molecule has 4 nitrogen and oxygen atoms in total. The van der Waals surface area contributed by atoms with Crippen molar-refractivity contribution >= 4 is 28.7 Å². The Bertz CT molecular complexity index is 144. The van der Waals surface area contributed by atoms with Crippen molar-refractivity contribution in [3.63, 3.8) is 0 Å². The molecule has 0 rings (SSSR count). The zero-order valence-corrected chi connectivity index (χ0v) is 9.12. The summed E-state index contributed by atoms with van der Waals surface area (Å²) < 4.78 is 0.735. The standard InChI is InChI=1S/C6H13IN2O2/c1-9(2,3)4-5(7)8-6(10)11/h5,8H,4H2,1-3H3/p+1. The Hall–Kier alpha value is -0.0400. The average Bonchev–Trinajstić information content (AvgIpc) is 1.53. The van der Waals surface area contributed by atoms with Gasteiger partial charge in [0.1, 0.15) is 10.6 Å². The molecule has 0 saturated carbocycles. The Morgan fingerprint density at radius 2 is 2.09 bits per heavy atom. The summed E-state index contributed by atoms with van der Waals surface area (Å²) in [7, 11) is 6.07. The number of nitrogens with zero attached hydrogens (tertiary/aromatic N) is 1. The summed E-state index contributed by atoms with van der Waals surface area (Å²) in [5.41, 5.74) is 0. The van der Waals surface area contributed by atoms with Gasteiger partial charge in [-0.05, 0) is 0 Å². The molecule has 0 aromatic carbocycles. The first-order valence-electron chi connectivity index (χ1n) is 3.25. The first-order valence-corrected chi connectivity index (χ1v) is 4.50. The average molecular weight is 273 g/mol. The molecule has 1 amide bonds. The topological polar surface area (TPSA) is 49.3 Å². The van der Waals surface area contributed by atoms with Crippen molar-refractivity contribution in [3.8, 4) is 0 Å². The van der Waals surface area contributed by atoms with E-state index in [0.29, 0.717) is 0 Å². The smallest absolute Gasteiger partial charge is 0.405 e. The lowest BCUT2D eigenvalue weighted by atomic mass is 10.5. The minimum absolute atomic E-state index is 0.0231. The molecule has 1 atom stereocenters. The van der Waals surface area contributed by atoms with Crippen LogP contribution in [-0.4, -0.2) is 47.4 Å². The fourth-order valence-corrected chi connectivity index (χ4v) is 2.11. The van der Waals surface area contributed by atoms with Crippen molar-refractivity contribution < 1.29 is 14.4 Å². The molecule has 1 unspecified atom stereocenters. The van der Waals surface area contributed by atoms with Crippen LogP contribution < -0.4 is 5.32 Å². The van der Waals surface area contributed by atoms with Gasteiger partial charge in [0.25, 0.3) is 0 Å². The highest BCUT2D eigenvalue weighted by Gasteiger charge is 2.15. The van der Waals surface area contributed by atoms with Crippen LogP contribution in [0.15, 0.2) is 0 Å². The monoisotopic (exact) mass is 273 g/mol. The van der Waals surface area contributed by atoms with Crippen LogP contribution in [0.5, 0.6) is 0 Å². The molecule has 0 aromatic heterocycles. The molecule has 5 heteroatoms. The fourth-order valence-electron chi connectivity index (χ4n) is 0.661. The van der Waals surface area contributed by atoms with E-state index in [1.54, 1.807) is 0 Å². The molecule has 0 heterocycles. The van der Waals surface area contributed by atoms with Gasteiger partial charge in [-0.1, -0.05) is 22.6 Å². The van der Waals surface area contributed by atoms with E-state index in [2.05, 4.69) is 27.9 Å². The van der Waals surface area contributed by atoms with Crippen LogP contribution in [0.3, 0.4) is 0 Å². The summed E-state index contributed by atoms with van der Waals surface area (Å²) in [4.78, 5) is 10.2. The van der Waals surface area contributed by atoms with Crippen LogP contribution in [0, 0.1) is 0 Å². The third kappa shape index (κ3) is 7.86. The van der Waals surface area contributed by atoms with Crippen molar-refractivity contribution in [2.45, 2.75) is 4.05 Å². The summed E-state index contributed by atoms with van der Waals surface area (Å²) in [6.45, 7) is 0.785. The molecule has 0 fully saturated rings. The van der Waals surface area contributed by atoms with E-state index in [-0.39, 0.29) is 4.05 Å². The Morgan fingerprint density at radius 1 is 1.64 bits per heavy atom.